The number of rotatable bonds is 3. The van der Waals surface area contributed by atoms with Gasteiger partial charge in [-0.1, -0.05) is 32.9 Å². The van der Waals surface area contributed by atoms with Crippen LogP contribution in [0.3, 0.4) is 0 Å². The number of carbonyl (C=O) groups is 1. The number of benzene rings is 1. The summed E-state index contributed by atoms with van der Waals surface area (Å²) in [5.74, 6) is -0.788. The van der Waals surface area contributed by atoms with Gasteiger partial charge in [-0.3, -0.25) is 0 Å². The monoisotopic (exact) mass is 285 g/mol. The molecule has 5 nitrogen and oxygen atoms in total. The Morgan fingerprint density at radius 3 is 2.38 bits per heavy atom. The Balaban J connectivity index is 2.28. The third kappa shape index (κ3) is 3.51. The van der Waals surface area contributed by atoms with Crippen molar-refractivity contribution >= 4 is 23.2 Å². The topological polar surface area (TPSA) is 88.2 Å². The number of anilines is 3. The zero-order valence-electron chi connectivity index (χ0n) is 12.3. The minimum Gasteiger partial charge on any atom is -0.478 e. The predicted octanol–water partition coefficient (Wildman–Crippen LogP) is 3.40. The molecule has 0 aliphatic heterocycles. The molecule has 0 aliphatic rings. The van der Waals surface area contributed by atoms with Crippen LogP contribution < -0.4 is 11.1 Å². The Morgan fingerprint density at radius 1 is 1.24 bits per heavy atom. The lowest BCUT2D eigenvalue weighted by atomic mass is 9.87. The van der Waals surface area contributed by atoms with Crippen LogP contribution in [0.25, 0.3) is 0 Å². The third-order valence-corrected chi connectivity index (χ3v) is 3.15. The molecule has 5 heteroatoms. The van der Waals surface area contributed by atoms with Crippen molar-refractivity contribution in [3.05, 3.63) is 47.7 Å². The van der Waals surface area contributed by atoms with Crippen molar-refractivity contribution in [3.8, 4) is 0 Å². The van der Waals surface area contributed by atoms with Gasteiger partial charge in [0.2, 0.25) is 0 Å². The molecule has 0 spiro atoms. The zero-order chi connectivity index (χ0) is 15.6. The molecule has 1 aromatic carbocycles. The highest BCUT2D eigenvalue weighted by molar-refractivity contribution is 5.94. The molecule has 1 aromatic heterocycles. The summed E-state index contributed by atoms with van der Waals surface area (Å²) < 4.78 is 0. The highest BCUT2D eigenvalue weighted by atomic mass is 16.4. The molecule has 0 fully saturated rings. The van der Waals surface area contributed by atoms with Crippen LogP contribution in [0.4, 0.5) is 17.2 Å². The third-order valence-electron chi connectivity index (χ3n) is 3.15. The highest BCUT2D eigenvalue weighted by Gasteiger charge is 2.14. The number of hydrogen-bond donors (Lipinski definition) is 3. The van der Waals surface area contributed by atoms with E-state index in [-0.39, 0.29) is 16.8 Å². The molecule has 21 heavy (non-hydrogen) atoms. The average Bonchev–Trinajstić information content (AvgIpc) is 2.40. The molecule has 2 aromatic rings. The fraction of sp³-hybridized carbons (Fsp3) is 0.250. The Hall–Kier alpha value is -2.56. The van der Waals surface area contributed by atoms with Crippen LogP contribution in [0.2, 0.25) is 0 Å². The van der Waals surface area contributed by atoms with Gasteiger partial charge < -0.3 is 16.2 Å². The summed E-state index contributed by atoms with van der Waals surface area (Å²) >= 11 is 0. The fourth-order valence-corrected chi connectivity index (χ4v) is 1.93. The molecular formula is C16H19N3O2. The zero-order valence-corrected chi connectivity index (χ0v) is 12.3. The normalized spacial score (nSPS) is 11.2. The molecule has 1 heterocycles. The predicted molar refractivity (Wildman–Crippen MR) is 84.0 cm³/mol. The Bertz CT molecular complexity index is 658. The van der Waals surface area contributed by atoms with Crippen LogP contribution in [0.15, 0.2) is 36.5 Å². The second kappa shape index (κ2) is 5.44. The van der Waals surface area contributed by atoms with Gasteiger partial charge in [0, 0.05) is 5.69 Å². The molecule has 4 N–H and O–H groups in total. The van der Waals surface area contributed by atoms with Crippen LogP contribution in [0.5, 0.6) is 0 Å². The van der Waals surface area contributed by atoms with E-state index in [2.05, 4.69) is 31.1 Å². The van der Waals surface area contributed by atoms with Gasteiger partial charge in [0.05, 0.1) is 11.9 Å². The number of nitrogen functional groups attached to an aromatic ring is 1. The SMILES string of the molecule is CC(C)(C)c1ccc(Nc2ncc(N)cc2C(=O)O)cc1. The van der Waals surface area contributed by atoms with Crippen molar-refractivity contribution < 1.29 is 9.90 Å². The number of carboxylic acid groups (broad SMARTS) is 1. The summed E-state index contributed by atoms with van der Waals surface area (Å²) in [5.41, 5.74) is 8.00. The Kier molecular flexibility index (Phi) is 3.84. The maximum atomic E-state index is 11.2. The van der Waals surface area contributed by atoms with Crippen molar-refractivity contribution in [1.29, 1.82) is 0 Å². The smallest absolute Gasteiger partial charge is 0.339 e. The number of nitrogens with one attached hydrogen (secondary N) is 1. The standard InChI is InChI=1S/C16H19N3O2/c1-16(2,3)10-4-6-12(7-5-10)19-14-13(15(20)21)8-11(17)9-18-14/h4-9H,17H2,1-3H3,(H,18,19)(H,20,21). The lowest BCUT2D eigenvalue weighted by molar-refractivity contribution is 0.0697. The van der Waals surface area contributed by atoms with E-state index < -0.39 is 5.97 Å². The molecule has 0 saturated heterocycles. The summed E-state index contributed by atoms with van der Waals surface area (Å²) in [6.45, 7) is 6.42. The minimum absolute atomic E-state index is 0.0508. The summed E-state index contributed by atoms with van der Waals surface area (Å²) in [5, 5.41) is 12.2. The second-order valence-electron chi connectivity index (χ2n) is 5.92. The second-order valence-corrected chi connectivity index (χ2v) is 5.92. The number of aromatic carboxylic acids is 1. The van der Waals surface area contributed by atoms with Gasteiger partial charge in [-0.25, -0.2) is 9.78 Å². The van der Waals surface area contributed by atoms with Gasteiger partial charge in [-0.2, -0.15) is 0 Å². The minimum atomic E-state index is -1.07. The van der Waals surface area contributed by atoms with Crippen LogP contribution >= 0.6 is 0 Å². The quantitative estimate of drug-likeness (QED) is 0.804. The van der Waals surface area contributed by atoms with Crippen molar-refractivity contribution in [1.82, 2.24) is 4.98 Å². The van der Waals surface area contributed by atoms with Crippen molar-refractivity contribution in [2.75, 3.05) is 11.1 Å². The van der Waals surface area contributed by atoms with Gasteiger partial charge in [0.1, 0.15) is 11.4 Å². The van der Waals surface area contributed by atoms with E-state index in [4.69, 9.17) is 5.73 Å². The van der Waals surface area contributed by atoms with E-state index in [0.29, 0.717) is 5.69 Å². The Morgan fingerprint density at radius 2 is 1.86 bits per heavy atom. The number of pyridine rings is 1. The summed E-state index contributed by atoms with van der Waals surface area (Å²) in [6.07, 6.45) is 1.43. The lowest BCUT2D eigenvalue weighted by Gasteiger charge is -2.19. The van der Waals surface area contributed by atoms with Crippen molar-refractivity contribution in [2.45, 2.75) is 26.2 Å². The summed E-state index contributed by atoms with van der Waals surface area (Å²) in [4.78, 5) is 15.3. The van der Waals surface area contributed by atoms with E-state index >= 15 is 0 Å². The van der Waals surface area contributed by atoms with Gasteiger partial charge in [-0.15, -0.1) is 0 Å². The number of nitrogens with two attached hydrogens (primary N) is 1. The largest absolute Gasteiger partial charge is 0.478 e. The molecule has 0 radical (unpaired) electrons. The van der Waals surface area contributed by atoms with Crippen molar-refractivity contribution in [3.63, 3.8) is 0 Å². The van der Waals surface area contributed by atoms with E-state index in [9.17, 15) is 9.90 Å². The van der Waals surface area contributed by atoms with Crippen LogP contribution in [0.1, 0.15) is 36.7 Å². The molecule has 0 atom stereocenters. The maximum absolute atomic E-state index is 11.2. The average molecular weight is 285 g/mol. The Labute approximate surface area is 123 Å². The first-order valence-electron chi connectivity index (χ1n) is 6.64. The molecule has 0 bridgehead atoms. The molecule has 0 saturated carbocycles. The molecular weight excluding hydrogens is 266 g/mol. The highest BCUT2D eigenvalue weighted by Crippen LogP contribution is 2.25. The molecule has 0 unspecified atom stereocenters. The molecule has 2 rings (SSSR count). The first kappa shape index (κ1) is 14.8. The van der Waals surface area contributed by atoms with Gasteiger partial charge >= 0.3 is 5.97 Å². The number of hydrogen-bond acceptors (Lipinski definition) is 4. The van der Waals surface area contributed by atoms with Crippen LogP contribution in [-0.2, 0) is 5.41 Å². The molecule has 0 amide bonds. The van der Waals surface area contributed by atoms with Crippen LogP contribution in [0, 0.1) is 0 Å². The number of aromatic nitrogens is 1. The number of carboxylic acids is 1. The molecule has 110 valence electrons. The first-order valence-corrected chi connectivity index (χ1v) is 6.64. The van der Waals surface area contributed by atoms with E-state index in [0.717, 1.165) is 5.69 Å². The fourth-order valence-electron chi connectivity index (χ4n) is 1.93. The maximum Gasteiger partial charge on any atom is 0.339 e. The van der Waals surface area contributed by atoms with Crippen LogP contribution in [-0.4, -0.2) is 16.1 Å². The van der Waals surface area contributed by atoms with Gasteiger partial charge in [0.15, 0.2) is 0 Å². The van der Waals surface area contributed by atoms with Crippen molar-refractivity contribution in [2.24, 2.45) is 0 Å². The first-order chi connectivity index (χ1) is 9.77. The van der Waals surface area contributed by atoms with E-state index in [1.807, 2.05) is 24.3 Å². The van der Waals surface area contributed by atoms with E-state index in [1.165, 1.54) is 17.8 Å². The number of nitrogens with zero attached hydrogens (tertiary/aromatic N) is 1. The molecule has 0 aliphatic carbocycles. The van der Waals surface area contributed by atoms with Gasteiger partial charge in [-0.05, 0) is 29.2 Å². The lowest BCUT2D eigenvalue weighted by Crippen LogP contribution is -2.11. The van der Waals surface area contributed by atoms with E-state index in [1.54, 1.807) is 0 Å². The van der Waals surface area contributed by atoms with Gasteiger partial charge in [0.25, 0.3) is 0 Å². The summed E-state index contributed by atoms with van der Waals surface area (Å²) in [7, 11) is 0. The summed E-state index contributed by atoms with van der Waals surface area (Å²) in [6, 6.07) is 9.23.